The largest absolute Gasteiger partial charge is 0.466 e. The number of ether oxygens (including phenoxy) is 1. The Morgan fingerprint density at radius 2 is 1.79 bits per heavy atom. The third-order valence-electron chi connectivity index (χ3n) is 1.59. The number of hydrogen-bond acceptors (Lipinski definition) is 4. The van der Waals surface area contributed by atoms with Crippen molar-refractivity contribution >= 4 is 15.3 Å². The molecule has 0 fully saturated rings. The molecule has 0 amide bonds. The van der Waals surface area contributed by atoms with Crippen molar-refractivity contribution in [2.75, 3.05) is 19.8 Å². The molecule has 0 aromatic carbocycles. The van der Waals surface area contributed by atoms with Gasteiger partial charge in [-0.3, -0.25) is 4.79 Å². The maximum Gasteiger partial charge on any atom is 0.321 e. The summed E-state index contributed by atoms with van der Waals surface area (Å²) in [7, 11) is -1.49. The average molecular weight is 220 g/mol. The Balaban J connectivity index is 3.44. The van der Waals surface area contributed by atoms with Crippen LogP contribution in [0.25, 0.3) is 0 Å². The number of carbonyl (C=O) groups excluding carboxylic acids is 1. The summed E-state index contributed by atoms with van der Waals surface area (Å²) in [6.45, 7) is 7.21. The zero-order valence-corrected chi connectivity index (χ0v) is 10.4. The van der Waals surface area contributed by atoms with Crippen molar-refractivity contribution in [1.29, 1.82) is 0 Å². The van der Waals surface area contributed by atoms with Crippen molar-refractivity contribution in [3.63, 3.8) is 0 Å². The van der Waals surface area contributed by atoms with E-state index in [2.05, 4.69) is 0 Å². The molecule has 0 spiro atoms. The van der Waals surface area contributed by atoms with E-state index in [1.54, 1.807) is 0 Å². The molecule has 0 heterocycles. The first-order valence-corrected chi connectivity index (χ1v) is 6.83. The Bertz CT molecular complexity index is 146. The minimum absolute atomic E-state index is 0.226. The molecule has 0 unspecified atom stereocenters. The van der Waals surface area contributed by atoms with E-state index in [4.69, 9.17) is 13.6 Å². The maximum absolute atomic E-state index is 10.5. The van der Waals surface area contributed by atoms with Crippen molar-refractivity contribution < 1.29 is 18.4 Å². The second-order valence-corrected chi connectivity index (χ2v) is 4.93. The second kappa shape index (κ2) is 9.17. The molecule has 5 heteroatoms. The zero-order valence-electron chi connectivity index (χ0n) is 9.25. The Labute approximate surface area is 87.4 Å². The van der Waals surface area contributed by atoms with Crippen molar-refractivity contribution in [2.45, 2.75) is 33.2 Å². The van der Waals surface area contributed by atoms with Gasteiger partial charge in [0.05, 0.1) is 6.61 Å². The first-order valence-electron chi connectivity index (χ1n) is 5.07. The molecule has 0 aliphatic carbocycles. The highest BCUT2D eigenvalue weighted by atomic mass is 28.3. The topological polar surface area (TPSA) is 44.8 Å². The van der Waals surface area contributed by atoms with Gasteiger partial charge in [0.1, 0.15) is 0 Å². The van der Waals surface area contributed by atoms with Gasteiger partial charge in [0.25, 0.3) is 0 Å². The Morgan fingerprint density at radius 1 is 1.21 bits per heavy atom. The average Bonchev–Trinajstić information content (AvgIpc) is 2.12. The summed E-state index contributed by atoms with van der Waals surface area (Å²) in [6, 6.07) is 0.898. The molecule has 0 saturated carbocycles. The minimum Gasteiger partial charge on any atom is -0.466 e. The van der Waals surface area contributed by atoms with Crippen LogP contribution < -0.4 is 0 Å². The normalized spacial score (nSPS) is 10.6. The molecular weight excluding hydrogens is 200 g/mol. The molecule has 4 nitrogen and oxygen atoms in total. The van der Waals surface area contributed by atoms with Crippen LogP contribution in [0.15, 0.2) is 0 Å². The minimum atomic E-state index is -1.49. The lowest BCUT2D eigenvalue weighted by molar-refractivity contribution is -0.140. The van der Waals surface area contributed by atoms with Crippen LogP contribution in [-0.2, 0) is 18.4 Å². The molecule has 0 bridgehead atoms. The van der Waals surface area contributed by atoms with Crippen LogP contribution in [0.2, 0.25) is 6.04 Å². The maximum atomic E-state index is 10.5. The predicted octanol–water partition coefficient (Wildman–Crippen LogP) is 1.23. The van der Waals surface area contributed by atoms with E-state index in [-0.39, 0.29) is 5.97 Å². The Hall–Kier alpha value is -0.393. The van der Waals surface area contributed by atoms with Gasteiger partial charge >= 0.3 is 15.3 Å². The summed E-state index contributed by atoms with van der Waals surface area (Å²) < 4.78 is 15.8. The van der Waals surface area contributed by atoms with E-state index in [0.29, 0.717) is 19.8 Å². The molecule has 14 heavy (non-hydrogen) atoms. The van der Waals surface area contributed by atoms with Gasteiger partial charge in [-0.1, -0.05) is 0 Å². The number of hydrogen-bond donors (Lipinski definition) is 0. The molecular formula is C9H20O4Si. The van der Waals surface area contributed by atoms with Gasteiger partial charge in [-0.25, -0.2) is 0 Å². The van der Waals surface area contributed by atoms with Crippen molar-refractivity contribution in [3.05, 3.63) is 0 Å². The summed E-state index contributed by atoms with van der Waals surface area (Å²) in [5.74, 6) is -0.226. The van der Waals surface area contributed by atoms with E-state index >= 15 is 0 Å². The van der Waals surface area contributed by atoms with Crippen LogP contribution in [-0.4, -0.2) is 35.1 Å². The molecule has 0 aliphatic heterocycles. The van der Waals surface area contributed by atoms with Crippen LogP contribution >= 0.6 is 0 Å². The van der Waals surface area contributed by atoms with Gasteiger partial charge in [0, 0.05) is 20.1 Å². The van der Waals surface area contributed by atoms with Gasteiger partial charge in [0.2, 0.25) is 0 Å². The fourth-order valence-corrected chi connectivity index (χ4v) is 2.73. The molecule has 0 saturated heterocycles. The first kappa shape index (κ1) is 13.6. The summed E-state index contributed by atoms with van der Waals surface area (Å²) in [4.78, 5) is 10.5. The third-order valence-corrected chi connectivity index (χ3v) is 3.88. The van der Waals surface area contributed by atoms with Gasteiger partial charge in [-0.05, 0) is 26.3 Å². The van der Waals surface area contributed by atoms with Crippen LogP contribution in [0.4, 0.5) is 0 Å². The lowest BCUT2D eigenvalue weighted by Gasteiger charge is -2.14. The van der Waals surface area contributed by atoms with Crippen LogP contribution in [0.1, 0.15) is 27.2 Å². The molecule has 0 N–H and O–H groups in total. The number of carbonyl (C=O) groups is 1. The molecule has 0 rings (SSSR count). The zero-order chi connectivity index (χ0) is 10.8. The van der Waals surface area contributed by atoms with E-state index in [9.17, 15) is 4.79 Å². The van der Waals surface area contributed by atoms with Gasteiger partial charge in [-0.2, -0.15) is 0 Å². The van der Waals surface area contributed by atoms with Gasteiger partial charge in [0.15, 0.2) is 0 Å². The van der Waals surface area contributed by atoms with Crippen LogP contribution in [0.5, 0.6) is 0 Å². The summed E-state index contributed by atoms with van der Waals surface area (Å²) in [5, 5.41) is 0. The highest BCUT2D eigenvalue weighted by Gasteiger charge is 2.11. The Kier molecular flexibility index (Phi) is 8.92. The second-order valence-electron chi connectivity index (χ2n) is 2.82. The van der Waals surface area contributed by atoms with Crippen LogP contribution in [0, 0.1) is 0 Å². The molecule has 84 valence electrons. The standard InChI is InChI=1S/C9H20O4Si/c1-4-12-14(13-5-2)8-6-7-11-9(3)10/h14H,4-8H2,1-3H3. The summed E-state index contributed by atoms with van der Waals surface area (Å²) in [5.41, 5.74) is 0. The fourth-order valence-electron chi connectivity index (χ4n) is 1.05. The fraction of sp³-hybridized carbons (Fsp3) is 0.889. The van der Waals surface area contributed by atoms with E-state index in [0.717, 1.165) is 12.5 Å². The molecule has 0 radical (unpaired) electrons. The lowest BCUT2D eigenvalue weighted by Crippen LogP contribution is -2.23. The van der Waals surface area contributed by atoms with Gasteiger partial charge < -0.3 is 13.6 Å². The van der Waals surface area contributed by atoms with E-state index < -0.39 is 9.28 Å². The quantitative estimate of drug-likeness (QED) is 0.351. The molecule has 0 aromatic rings. The van der Waals surface area contributed by atoms with Crippen molar-refractivity contribution in [3.8, 4) is 0 Å². The smallest absolute Gasteiger partial charge is 0.321 e. The summed E-state index contributed by atoms with van der Waals surface area (Å²) in [6.07, 6.45) is 0.830. The SMILES string of the molecule is CCO[SiH](CCCOC(C)=O)OCC. The first-order chi connectivity index (χ1) is 6.70. The van der Waals surface area contributed by atoms with Crippen molar-refractivity contribution in [2.24, 2.45) is 0 Å². The molecule has 0 aromatic heterocycles. The predicted molar refractivity (Wildman–Crippen MR) is 56.5 cm³/mol. The summed E-state index contributed by atoms with van der Waals surface area (Å²) >= 11 is 0. The monoisotopic (exact) mass is 220 g/mol. The van der Waals surface area contributed by atoms with Crippen molar-refractivity contribution in [1.82, 2.24) is 0 Å². The highest BCUT2D eigenvalue weighted by Crippen LogP contribution is 2.02. The number of rotatable bonds is 8. The van der Waals surface area contributed by atoms with Gasteiger partial charge in [-0.15, -0.1) is 0 Å². The lowest BCUT2D eigenvalue weighted by atomic mass is 10.5. The Morgan fingerprint density at radius 3 is 2.21 bits per heavy atom. The molecule has 0 aliphatic rings. The third kappa shape index (κ3) is 8.22. The van der Waals surface area contributed by atoms with Crippen LogP contribution in [0.3, 0.4) is 0 Å². The molecule has 0 atom stereocenters. The number of esters is 1. The highest BCUT2D eigenvalue weighted by molar-refractivity contribution is 6.44. The van der Waals surface area contributed by atoms with E-state index in [1.165, 1.54) is 6.92 Å². The van der Waals surface area contributed by atoms with E-state index in [1.807, 2.05) is 13.8 Å².